The van der Waals surface area contributed by atoms with Gasteiger partial charge >= 0.3 is 6.03 Å². The molecule has 0 aliphatic carbocycles. The number of unbranched alkanes of at least 4 members (excludes halogenated alkanes) is 1. The number of anilines is 1. The zero-order valence-corrected chi connectivity index (χ0v) is 25.0. The molecule has 2 N–H and O–H groups in total. The highest BCUT2D eigenvalue weighted by atomic mass is 32.2. The molecule has 0 radical (unpaired) electrons. The molecule has 216 valence electrons. The van der Waals surface area contributed by atoms with Crippen LogP contribution in [0.25, 0.3) is 33.3 Å². The summed E-state index contributed by atoms with van der Waals surface area (Å²) in [7, 11) is 3.35. The van der Waals surface area contributed by atoms with E-state index in [4.69, 9.17) is 14.5 Å². The van der Waals surface area contributed by atoms with Gasteiger partial charge in [-0.25, -0.2) is 9.78 Å². The van der Waals surface area contributed by atoms with Crippen LogP contribution in [0.4, 0.5) is 10.5 Å². The van der Waals surface area contributed by atoms with Crippen molar-refractivity contribution in [1.82, 2.24) is 14.9 Å². The van der Waals surface area contributed by atoms with Gasteiger partial charge in [-0.15, -0.1) is 0 Å². The third-order valence-corrected chi connectivity index (χ3v) is 8.16. The molecule has 4 aromatic carbocycles. The van der Waals surface area contributed by atoms with Gasteiger partial charge in [0.15, 0.2) is 5.16 Å². The lowest BCUT2D eigenvalue weighted by molar-refractivity contribution is 0.252. The van der Waals surface area contributed by atoms with Crippen molar-refractivity contribution in [3.8, 4) is 34.0 Å². The van der Waals surface area contributed by atoms with Crippen molar-refractivity contribution in [1.29, 1.82) is 0 Å². The first-order valence-corrected chi connectivity index (χ1v) is 15.1. The van der Waals surface area contributed by atoms with Crippen LogP contribution in [0.2, 0.25) is 0 Å². The fraction of sp³-hybridized carbons (Fsp3) is 0.235. The number of carbonyl (C=O) groups is 1. The summed E-state index contributed by atoms with van der Waals surface area (Å²) in [6, 6.07) is 29.9. The molecule has 5 rings (SSSR count). The molecule has 0 fully saturated rings. The van der Waals surface area contributed by atoms with Crippen LogP contribution in [0.5, 0.6) is 11.5 Å². The summed E-state index contributed by atoms with van der Waals surface area (Å²) in [6.07, 6.45) is 1.82. The number of imidazole rings is 1. The maximum absolute atomic E-state index is 12.5. The maximum atomic E-state index is 12.5. The lowest BCUT2D eigenvalue weighted by Gasteiger charge is -2.12. The molecule has 0 atom stereocenters. The number of benzene rings is 4. The zero-order chi connectivity index (χ0) is 29.3. The number of nitrogens with zero attached hydrogens (tertiary/aromatic N) is 2. The number of amides is 2. The maximum Gasteiger partial charge on any atom is 0.319 e. The monoisotopic (exact) mass is 580 g/mol. The van der Waals surface area contributed by atoms with Crippen LogP contribution in [-0.4, -0.2) is 42.1 Å². The number of methoxy groups -OCH3 is 2. The summed E-state index contributed by atoms with van der Waals surface area (Å²) < 4.78 is 13.0. The van der Waals surface area contributed by atoms with Crippen molar-refractivity contribution < 1.29 is 14.3 Å². The minimum absolute atomic E-state index is 0.186. The van der Waals surface area contributed by atoms with Crippen molar-refractivity contribution in [3.05, 3.63) is 91.0 Å². The van der Waals surface area contributed by atoms with Gasteiger partial charge in [0.2, 0.25) is 0 Å². The first kappa shape index (κ1) is 29.1. The molecule has 0 aliphatic rings. The lowest BCUT2D eigenvalue weighted by Crippen LogP contribution is -2.29. The van der Waals surface area contributed by atoms with Crippen molar-refractivity contribution in [2.75, 3.05) is 31.8 Å². The van der Waals surface area contributed by atoms with Gasteiger partial charge in [-0.3, -0.25) is 0 Å². The van der Waals surface area contributed by atoms with E-state index in [-0.39, 0.29) is 6.03 Å². The number of nitrogens with one attached hydrogen (secondary N) is 2. The van der Waals surface area contributed by atoms with E-state index >= 15 is 0 Å². The summed E-state index contributed by atoms with van der Waals surface area (Å²) in [5, 5.41) is 9.09. The molecule has 0 saturated heterocycles. The summed E-state index contributed by atoms with van der Waals surface area (Å²) in [5.41, 5.74) is 4.97. The molecule has 8 heteroatoms. The molecule has 0 spiro atoms. The highest BCUT2D eigenvalue weighted by molar-refractivity contribution is 7.99. The van der Waals surface area contributed by atoms with Crippen LogP contribution in [0, 0.1) is 0 Å². The molecule has 0 unspecified atom stereocenters. The molecule has 0 aliphatic heterocycles. The number of rotatable bonds is 12. The molecule has 7 nitrogen and oxygen atoms in total. The summed E-state index contributed by atoms with van der Waals surface area (Å²) in [5.74, 6) is 2.53. The number of hydrogen-bond acceptors (Lipinski definition) is 5. The van der Waals surface area contributed by atoms with Crippen molar-refractivity contribution in [2.24, 2.45) is 0 Å². The molecule has 0 saturated carbocycles. The number of thioether (sulfide) groups is 1. The van der Waals surface area contributed by atoms with Crippen molar-refractivity contribution >= 4 is 34.3 Å². The van der Waals surface area contributed by atoms with Crippen LogP contribution in [0.1, 0.15) is 19.8 Å². The Morgan fingerprint density at radius 3 is 2.19 bits per heavy atom. The molecular formula is C34H36N4O3S. The van der Waals surface area contributed by atoms with E-state index in [1.165, 1.54) is 0 Å². The van der Waals surface area contributed by atoms with E-state index in [1.807, 2.05) is 66.7 Å². The Balaban J connectivity index is 1.22. The van der Waals surface area contributed by atoms with Crippen molar-refractivity contribution in [3.63, 3.8) is 0 Å². The molecule has 1 aromatic heterocycles. The minimum Gasteiger partial charge on any atom is -0.497 e. The largest absolute Gasteiger partial charge is 0.497 e. The minimum atomic E-state index is -0.186. The van der Waals surface area contributed by atoms with E-state index < -0.39 is 0 Å². The quantitative estimate of drug-likeness (QED) is 0.115. The predicted molar refractivity (Wildman–Crippen MR) is 173 cm³/mol. The smallest absolute Gasteiger partial charge is 0.319 e. The standard InChI is InChI=1S/C34H36N4O3S/c1-4-38-32(26-16-20-28(41-3)21-17-26)31(25-14-18-27(40-2)19-15-25)37-34(38)42-23-8-7-22-35-33(39)36-30-13-9-11-24-10-5-6-12-29(24)30/h5-6,9-21H,4,7-8,22-23H2,1-3H3,(H2,35,36,39). The van der Waals surface area contributed by atoms with Gasteiger partial charge < -0.3 is 24.7 Å². The van der Waals surface area contributed by atoms with Gasteiger partial charge in [-0.05, 0) is 79.7 Å². The summed E-state index contributed by atoms with van der Waals surface area (Å²) in [6.45, 7) is 3.55. The Bertz CT molecular complexity index is 1630. The first-order valence-electron chi connectivity index (χ1n) is 14.2. The predicted octanol–water partition coefficient (Wildman–Crippen LogP) is 8.10. The first-order chi connectivity index (χ1) is 20.6. The van der Waals surface area contributed by atoms with E-state index in [0.717, 1.165) is 80.8 Å². The Hall–Kier alpha value is -4.43. The normalized spacial score (nSPS) is 10.9. The van der Waals surface area contributed by atoms with Gasteiger partial charge in [0.25, 0.3) is 0 Å². The second-order valence-electron chi connectivity index (χ2n) is 9.76. The third-order valence-electron chi connectivity index (χ3n) is 7.10. The van der Waals surface area contributed by atoms with E-state index in [2.05, 4.69) is 46.4 Å². The van der Waals surface area contributed by atoms with E-state index in [0.29, 0.717) is 6.54 Å². The summed E-state index contributed by atoms with van der Waals surface area (Å²) in [4.78, 5) is 17.6. The molecular weight excluding hydrogens is 544 g/mol. The van der Waals surface area contributed by atoms with Crippen LogP contribution in [0.3, 0.4) is 0 Å². The second kappa shape index (κ2) is 14.0. The third kappa shape index (κ3) is 6.71. The van der Waals surface area contributed by atoms with Gasteiger partial charge in [0.1, 0.15) is 11.5 Å². The topological polar surface area (TPSA) is 77.4 Å². The van der Waals surface area contributed by atoms with E-state index in [9.17, 15) is 4.79 Å². The Kier molecular flexibility index (Phi) is 9.66. The SMILES string of the molecule is CCn1c(SCCCCNC(=O)Nc2cccc3ccccc23)nc(-c2ccc(OC)cc2)c1-c1ccc(OC)cc1. The van der Waals surface area contributed by atoms with Crippen LogP contribution < -0.4 is 20.1 Å². The Labute approximate surface area is 251 Å². The second-order valence-corrected chi connectivity index (χ2v) is 10.8. The Morgan fingerprint density at radius 1 is 0.833 bits per heavy atom. The number of fused-ring (bicyclic) bond motifs is 1. The van der Waals surface area contributed by atoms with Gasteiger partial charge in [-0.2, -0.15) is 0 Å². The lowest BCUT2D eigenvalue weighted by atomic mass is 10.0. The van der Waals surface area contributed by atoms with Crippen molar-refractivity contribution in [2.45, 2.75) is 31.5 Å². The number of aromatic nitrogens is 2. The fourth-order valence-electron chi connectivity index (χ4n) is 4.92. The average molecular weight is 581 g/mol. The zero-order valence-electron chi connectivity index (χ0n) is 24.2. The van der Waals surface area contributed by atoms with Gasteiger partial charge in [0, 0.05) is 35.4 Å². The number of carbonyl (C=O) groups excluding carboxylic acids is 1. The number of hydrogen-bond donors (Lipinski definition) is 2. The fourth-order valence-corrected chi connectivity index (χ4v) is 5.98. The van der Waals surface area contributed by atoms with Crippen LogP contribution >= 0.6 is 11.8 Å². The molecule has 42 heavy (non-hydrogen) atoms. The van der Waals surface area contributed by atoms with Crippen LogP contribution in [-0.2, 0) is 6.54 Å². The van der Waals surface area contributed by atoms with Crippen LogP contribution in [0.15, 0.2) is 96.2 Å². The number of urea groups is 1. The highest BCUT2D eigenvalue weighted by Crippen LogP contribution is 2.37. The van der Waals surface area contributed by atoms with Gasteiger partial charge in [-0.1, -0.05) is 48.2 Å². The molecule has 5 aromatic rings. The average Bonchev–Trinajstić information content (AvgIpc) is 3.41. The Morgan fingerprint density at radius 2 is 1.50 bits per heavy atom. The highest BCUT2D eigenvalue weighted by Gasteiger charge is 2.20. The number of ether oxygens (including phenoxy) is 2. The summed E-state index contributed by atoms with van der Waals surface area (Å²) >= 11 is 1.75. The molecule has 2 amide bonds. The van der Waals surface area contributed by atoms with Gasteiger partial charge in [0.05, 0.1) is 31.3 Å². The molecule has 1 heterocycles. The molecule has 0 bridgehead atoms. The van der Waals surface area contributed by atoms with E-state index in [1.54, 1.807) is 26.0 Å².